The molecule has 1 atom stereocenters. The minimum atomic E-state index is -0.627. The average Bonchev–Trinajstić information content (AvgIpc) is 3.47. The number of likely N-dealkylation sites (tertiary alicyclic amines) is 1. The predicted octanol–water partition coefficient (Wildman–Crippen LogP) is 4.01. The molecule has 2 aliphatic rings. The van der Waals surface area contributed by atoms with Crippen LogP contribution in [0.2, 0.25) is 0 Å². The monoisotopic (exact) mass is 380 g/mol. The number of rotatable bonds is 4. The van der Waals surface area contributed by atoms with Crippen LogP contribution < -0.4 is 5.32 Å². The number of hydrogen-bond acceptors (Lipinski definition) is 2. The summed E-state index contributed by atoms with van der Waals surface area (Å²) in [6, 6.07) is 13.0. The summed E-state index contributed by atoms with van der Waals surface area (Å²) >= 11 is 0. The van der Waals surface area contributed by atoms with E-state index in [0.717, 1.165) is 31.5 Å². The van der Waals surface area contributed by atoms with E-state index in [1.54, 1.807) is 19.1 Å². The maximum absolute atomic E-state index is 14.5. The van der Waals surface area contributed by atoms with E-state index in [0.29, 0.717) is 11.0 Å². The van der Waals surface area contributed by atoms with Crippen molar-refractivity contribution in [2.75, 3.05) is 13.1 Å². The number of carbonyl (C=O) groups is 2. The van der Waals surface area contributed by atoms with Crippen LogP contribution in [0.15, 0.2) is 48.5 Å². The van der Waals surface area contributed by atoms with Crippen LogP contribution in [0.1, 0.15) is 43.0 Å². The zero-order valence-corrected chi connectivity index (χ0v) is 16.1. The van der Waals surface area contributed by atoms with Gasteiger partial charge in [-0.25, -0.2) is 4.39 Å². The predicted molar refractivity (Wildman–Crippen MR) is 106 cm³/mol. The van der Waals surface area contributed by atoms with Crippen LogP contribution in [-0.4, -0.2) is 35.8 Å². The van der Waals surface area contributed by atoms with E-state index in [4.69, 9.17) is 0 Å². The molecule has 2 fully saturated rings. The fraction of sp³-hybridized carbons (Fsp3) is 0.391. The number of nitrogens with one attached hydrogen (secondary N) is 1. The summed E-state index contributed by atoms with van der Waals surface area (Å²) in [4.78, 5) is 27.0. The molecular formula is C23H25FN2O2. The van der Waals surface area contributed by atoms with Gasteiger partial charge in [0.05, 0.1) is 0 Å². The largest absolute Gasteiger partial charge is 0.341 e. The lowest BCUT2D eigenvalue weighted by Gasteiger charge is -2.33. The quantitative estimate of drug-likeness (QED) is 0.871. The maximum Gasteiger partial charge on any atom is 0.252 e. The van der Waals surface area contributed by atoms with Gasteiger partial charge in [0.25, 0.3) is 5.91 Å². The molecule has 1 unspecified atom stereocenters. The van der Waals surface area contributed by atoms with Crippen molar-refractivity contribution in [3.8, 4) is 11.1 Å². The molecule has 0 radical (unpaired) electrons. The molecule has 1 N–H and O–H groups in total. The number of nitrogens with zero attached hydrogens (tertiary/aromatic N) is 1. The average molecular weight is 380 g/mol. The molecule has 0 aromatic heterocycles. The molecule has 1 aliphatic carbocycles. The number of hydrogen-bond donors (Lipinski definition) is 1. The second-order valence-corrected chi connectivity index (χ2v) is 8.08. The van der Waals surface area contributed by atoms with Gasteiger partial charge in [0.1, 0.15) is 11.9 Å². The van der Waals surface area contributed by atoms with Gasteiger partial charge in [0.2, 0.25) is 5.91 Å². The number of carbonyl (C=O) groups excluding carboxylic acids is 2. The molecule has 2 amide bonds. The van der Waals surface area contributed by atoms with Crippen molar-refractivity contribution in [1.29, 1.82) is 0 Å². The van der Waals surface area contributed by atoms with Crippen molar-refractivity contribution in [2.24, 2.45) is 5.41 Å². The van der Waals surface area contributed by atoms with E-state index >= 15 is 0 Å². The first-order valence-electron chi connectivity index (χ1n) is 9.92. The molecule has 2 aromatic carbocycles. The molecule has 146 valence electrons. The molecular weight excluding hydrogens is 355 g/mol. The van der Waals surface area contributed by atoms with Crippen molar-refractivity contribution < 1.29 is 14.0 Å². The summed E-state index contributed by atoms with van der Waals surface area (Å²) in [5, 5.41) is 2.72. The highest BCUT2D eigenvalue weighted by atomic mass is 19.1. The van der Waals surface area contributed by atoms with Crippen molar-refractivity contribution in [3.05, 3.63) is 59.9 Å². The fourth-order valence-electron chi connectivity index (χ4n) is 4.00. The summed E-state index contributed by atoms with van der Waals surface area (Å²) in [5.41, 5.74) is 1.92. The Balaban J connectivity index is 1.39. The summed E-state index contributed by atoms with van der Waals surface area (Å²) in [6.45, 7) is 3.22. The second-order valence-electron chi connectivity index (χ2n) is 8.08. The molecule has 1 saturated heterocycles. The standard InChI is InChI=1S/C23H25FN2O2/c1-16(22(28)26-13-11-23(9-10-23)12-14-26)25-21(27)18-7-8-19(20(24)15-18)17-5-3-2-4-6-17/h2-8,15-16H,9-14H2,1H3,(H,25,27). The third-order valence-corrected chi connectivity index (χ3v) is 6.13. The first-order valence-corrected chi connectivity index (χ1v) is 9.92. The van der Waals surface area contributed by atoms with Gasteiger partial charge < -0.3 is 10.2 Å². The molecule has 4 rings (SSSR count). The molecule has 1 aliphatic heterocycles. The number of piperidine rings is 1. The topological polar surface area (TPSA) is 49.4 Å². The molecule has 1 heterocycles. The maximum atomic E-state index is 14.5. The molecule has 28 heavy (non-hydrogen) atoms. The Morgan fingerprint density at radius 3 is 2.32 bits per heavy atom. The SMILES string of the molecule is CC(NC(=O)c1ccc(-c2ccccc2)c(F)c1)C(=O)N1CCC2(CC1)CC2. The highest BCUT2D eigenvalue weighted by molar-refractivity contribution is 5.97. The molecule has 5 heteroatoms. The van der Waals surface area contributed by atoms with Gasteiger partial charge in [-0.15, -0.1) is 0 Å². The Bertz CT molecular complexity index is 883. The van der Waals surface area contributed by atoms with Crippen molar-refractivity contribution in [2.45, 2.75) is 38.6 Å². The Kier molecular flexibility index (Phi) is 4.92. The summed E-state index contributed by atoms with van der Waals surface area (Å²) in [6.07, 6.45) is 4.69. The number of halogens is 1. The lowest BCUT2D eigenvalue weighted by Crippen LogP contribution is -2.49. The lowest BCUT2D eigenvalue weighted by atomic mass is 9.93. The van der Waals surface area contributed by atoms with Crippen molar-refractivity contribution >= 4 is 11.8 Å². The highest BCUT2D eigenvalue weighted by Gasteiger charge is 2.45. The van der Waals surface area contributed by atoms with Crippen LogP contribution in [0, 0.1) is 11.2 Å². The van der Waals surface area contributed by atoms with Crippen LogP contribution in [0.4, 0.5) is 4.39 Å². The Hall–Kier alpha value is -2.69. The van der Waals surface area contributed by atoms with Gasteiger partial charge in [0, 0.05) is 24.2 Å². The molecule has 0 bridgehead atoms. The Morgan fingerprint density at radius 1 is 1.04 bits per heavy atom. The Labute approximate surface area is 164 Å². The van der Waals surface area contributed by atoms with Crippen LogP contribution in [0.25, 0.3) is 11.1 Å². The van der Waals surface area contributed by atoms with Gasteiger partial charge in [-0.2, -0.15) is 0 Å². The molecule has 1 saturated carbocycles. The van der Waals surface area contributed by atoms with Gasteiger partial charge in [-0.1, -0.05) is 36.4 Å². The van der Waals surface area contributed by atoms with Crippen molar-refractivity contribution in [3.63, 3.8) is 0 Å². The third-order valence-electron chi connectivity index (χ3n) is 6.13. The number of amides is 2. The van der Waals surface area contributed by atoms with Crippen LogP contribution in [-0.2, 0) is 4.79 Å². The fourth-order valence-corrected chi connectivity index (χ4v) is 4.00. The first-order chi connectivity index (χ1) is 13.5. The second kappa shape index (κ2) is 7.38. The first kappa shape index (κ1) is 18.7. The van der Waals surface area contributed by atoms with E-state index in [2.05, 4.69) is 5.32 Å². The Morgan fingerprint density at radius 2 is 1.71 bits per heavy atom. The minimum Gasteiger partial charge on any atom is -0.341 e. The molecule has 2 aromatic rings. The summed E-state index contributed by atoms with van der Waals surface area (Å²) < 4.78 is 14.5. The smallest absolute Gasteiger partial charge is 0.252 e. The number of benzene rings is 2. The molecule has 4 nitrogen and oxygen atoms in total. The third kappa shape index (κ3) is 3.79. The van der Waals surface area contributed by atoms with E-state index in [9.17, 15) is 14.0 Å². The summed E-state index contributed by atoms with van der Waals surface area (Å²) in [5.74, 6) is -0.955. The van der Waals surface area contributed by atoms with E-state index in [1.165, 1.54) is 18.9 Å². The molecule has 1 spiro atoms. The van der Waals surface area contributed by atoms with Crippen molar-refractivity contribution in [1.82, 2.24) is 10.2 Å². The van der Waals surface area contributed by atoms with Crippen LogP contribution in [0.5, 0.6) is 0 Å². The van der Waals surface area contributed by atoms with E-state index < -0.39 is 17.8 Å². The van der Waals surface area contributed by atoms with E-state index in [-0.39, 0.29) is 11.5 Å². The highest BCUT2D eigenvalue weighted by Crippen LogP contribution is 2.53. The van der Waals surface area contributed by atoms with Gasteiger partial charge >= 0.3 is 0 Å². The van der Waals surface area contributed by atoms with E-state index in [1.807, 2.05) is 35.2 Å². The normalized spacial score (nSPS) is 18.6. The minimum absolute atomic E-state index is 0.0646. The van der Waals surface area contributed by atoms with Gasteiger partial charge in [-0.3, -0.25) is 9.59 Å². The summed E-state index contributed by atoms with van der Waals surface area (Å²) in [7, 11) is 0. The van der Waals surface area contributed by atoms with Crippen LogP contribution >= 0.6 is 0 Å². The van der Waals surface area contributed by atoms with Gasteiger partial charge in [-0.05, 0) is 55.7 Å². The zero-order valence-electron chi connectivity index (χ0n) is 16.1. The zero-order chi connectivity index (χ0) is 19.7. The van der Waals surface area contributed by atoms with Crippen LogP contribution in [0.3, 0.4) is 0 Å². The lowest BCUT2D eigenvalue weighted by molar-refractivity contribution is -0.134. The van der Waals surface area contributed by atoms with Gasteiger partial charge in [0.15, 0.2) is 0 Å².